The highest BCUT2D eigenvalue weighted by Gasteiger charge is 2.36. The van der Waals surface area contributed by atoms with Crippen LogP contribution in [0.4, 0.5) is 0 Å². The molecule has 0 N–H and O–H groups in total. The number of carbonyl (C=O) groups is 1. The molecule has 0 atom stereocenters. The summed E-state index contributed by atoms with van der Waals surface area (Å²) in [4.78, 5) is 22.5. The lowest BCUT2D eigenvalue weighted by molar-refractivity contribution is -0.139. The van der Waals surface area contributed by atoms with Gasteiger partial charge in [-0.15, -0.1) is 0 Å². The number of hydrogen-bond donors (Lipinski definition) is 0. The molecule has 0 aromatic carbocycles. The number of rotatable bonds is 7. The zero-order chi connectivity index (χ0) is 11.9. The van der Waals surface area contributed by atoms with Crippen molar-refractivity contribution in [2.24, 2.45) is 0 Å². The van der Waals surface area contributed by atoms with Gasteiger partial charge in [-0.05, 0) is 13.3 Å². The molecule has 0 amide bonds. The number of ether oxygens (including phenoxy) is 1. The van der Waals surface area contributed by atoms with Crippen molar-refractivity contribution in [2.75, 3.05) is 20.8 Å². The van der Waals surface area contributed by atoms with E-state index in [1.54, 1.807) is 6.92 Å². The Morgan fingerprint density at radius 2 is 1.87 bits per heavy atom. The van der Waals surface area contributed by atoms with Gasteiger partial charge in [0.15, 0.2) is 0 Å². The molecular formula is C9H17O5Si. The van der Waals surface area contributed by atoms with Crippen molar-refractivity contribution < 1.29 is 23.2 Å². The maximum absolute atomic E-state index is 11.6. The highest BCUT2D eigenvalue weighted by Crippen LogP contribution is 2.11. The topological polar surface area (TPSA) is 64.7 Å². The predicted molar refractivity (Wildman–Crippen MR) is 55.7 cm³/mol. The second kappa shape index (κ2) is 6.73. The molecule has 0 fully saturated rings. The first-order valence-electron chi connectivity index (χ1n) is 4.58. The Kier molecular flexibility index (Phi) is 6.42. The highest BCUT2D eigenvalue weighted by atomic mass is 28.4. The largest absolute Gasteiger partial charge is 0.528 e. The molecule has 0 saturated carbocycles. The van der Waals surface area contributed by atoms with E-state index < -0.39 is 14.8 Å². The maximum atomic E-state index is 11.6. The normalized spacial score (nSPS) is 11.2. The predicted octanol–water partition coefficient (Wildman–Crippen LogP) is 1.16. The van der Waals surface area contributed by atoms with Crippen LogP contribution < -0.4 is 0 Å². The minimum atomic E-state index is -3.26. The Hall–Kier alpha value is -0.693. The Morgan fingerprint density at radius 1 is 1.33 bits per heavy atom. The van der Waals surface area contributed by atoms with E-state index in [1.807, 2.05) is 0 Å². The van der Waals surface area contributed by atoms with Crippen molar-refractivity contribution in [3.63, 3.8) is 0 Å². The third kappa shape index (κ3) is 5.68. The van der Waals surface area contributed by atoms with Gasteiger partial charge < -0.3 is 13.6 Å². The van der Waals surface area contributed by atoms with Crippen LogP contribution in [0.15, 0.2) is 12.2 Å². The molecule has 0 rings (SSSR count). The summed E-state index contributed by atoms with van der Waals surface area (Å²) in [6.07, 6.45) is 0.441. The first-order valence-corrected chi connectivity index (χ1v) is 6.51. The molecule has 0 aromatic heterocycles. The molecule has 0 heterocycles. The van der Waals surface area contributed by atoms with E-state index in [0.717, 1.165) is 0 Å². The van der Waals surface area contributed by atoms with Crippen molar-refractivity contribution in [2.45, 2.75) is 19.4 Å². The van der Waals surface area contributed by atoms with Gasteiger partial charge in [0.1, 0.15) is 0 Å². The lowest BCUT2D eigenvalue weighted by Crippen LogP contribution is -2.38. The number of carbonyl (C=O) groups excluding carboxylic acids is 1. The summed E-state index contributed by atoms with van der Waals surface area (Å²) in [5.74, 6) is -0.442. The minimum Gasteiger partial charge on any atom is -0.462 e. The first-order chi connectivity index (χ1) is 6.95. The van der Waals surface area contributed by atoms with Crippen LogP contribution in [-0.4, -0.2) is 35.6 Å². The summed E-state index contributed by atoms with van der Waals surface area (Å²) in [7, 11) is -0.588. The van der Waals surface area contributed by atoms with Gasteiger partial charge in [0.25, 0.3) is 0 Å². The lowest BCUT2D eigenvalue weighted by Gasteiger charge is -2.16. The van der Waals surface area contributed by atoms with Crippen molar-refractivity contribution in [3.8, 4) is 0 Å². The summed E-state index contributed by atoms with van der Waals surface area (Å²) in [5, 5.41) is 0. The zero-order valence-electron chi connectivity index (χ0n) is 9.37. The smallest absolute Gasteiger partial charge is 0.462 e. The van der Waals surface area contributed by atoms with Crippen LogP contribution >= 0.6 is 0 Å². The van der Waals surface area contributed by atoms with Crippen LogP contribution in [-0.2, 0) is 23.2 Å². The van der Waals surface area contributed by atoms with Gasteiger partial charge in [-0.2, -0.15) is 0 Å². The summed E-state index contributed by atoms with van der Waals surface area (Å²) in [5.41, 5.74) is 0.346. The standard InChI is InChI=1S/C9H17O5Si/c1-8(2)9(10)14-6-5-7-15(11,12-3)13-4/h1,5-7H2,2-4H3. The van der Waals surface area contributed by atoms with Gasteiger partial charge in [-0.1, -0.05) is 6.58 Å². The van der Waals surface area contributed by atoms with E-state index in [-0.39, 0.29) is 12.7 Å². The summed E-state index contributed by atoms with van der Waals surface area (Å²) in [6.45, 7) is 5.20. The van der Waals surface area contributed by atoms with Crippen LogP contribution in [0.2, 0.25) is 6.04 Å². The van der Waals surface area contributed by atoms with Gasteiger partial charge in [0.05, 0.1) is 6.61 Å². The highest BCUT2D eigenvalue weighted by molar-refractivity contribution is 6.58. The molecule has 0 saturated heterocycles. The van der Waals surface area contributed by atoms with E-state index >= 15 is 0 Å². The molecule has 0 aliphatic carbocycles. The summed E-state index contributed by atoms with van der Waals surface area (Å²) in [6, 6.07) is 0.253. The Balaban J connectivity index is 3.71. The van der Waals surface area contributed by atoms with Gasteiger partial charge in [-0.3, -0.25) is 0 Å². The second-order valence-corrected chi connectivity index (χ2v) is 5.79. The van der Waals surface area contributed by atoms with E-state index in [1.165, 1.54) is 14.2 Å². The minimum absolute atomic E-state index is 0.190. The van der Waals surface area contributed by atoms with E-state index in [4.69, 9.17) is 13.6 Å². The third-order valence-corrected chi connectivity index (χ3v) is 4.04. The molecule has 0 aliphatic heterocycles. The molecule has 1 radical (unpaired) electrons. The zero-order valence-corrected chi connectivity index (χ0v) is 10.4. The van der Waals surface area contributed by atoms with Crippen molar-refractivity contribution >= 4 is 14.8 Å². The second-order valence-electron chi connectivity index (χ2n) is 3.11. The fraction of sp³-hybridized carbons (Fsp3) is 0.667. The molecule has 6 heteroatoms. The van der Waals surface area contributed by atoms with E-state index in [9.17, 15) is 9.59 Å². The molecule has 5 nitrogen and oxygen atoms in total. The molecular weight excluding hydrogens is 216 g/mol. The molecule has 0 spiro atoms. The van der Waals surface area contributed by atoms with Crippen LogP contribution in [0, 0.1) is 0 Å². The molecule has 87 valence electrons. The quantitative estimate of drug-likeness (QED) is 0.286. The molecule has 0 unspecified atom stereocenters. The van der Waals surface area contributed by atoms with Gasteiger partial charge in [0, 0.05) is 25.8 Å². The fourth-order valence-corrected chi connectivity index (χ4v) is 2.02. The van der Waals surface area contributed by atoms with E-state index in [0.29, 0.717) is 12.0 Å². The fourth-order valence-electron chi connectivity index (χ4n) is 0.864. The average molecular weight is 233 g/mol. The monoisotopic (exact) mass is 233 g/mol. The number of hydrogen-bond acceptors (Lipinski definition) is 4. The van der Waals surface area contributed by atoms with Crippen LogP contribution in [0.1, 0.15) is 13.3 Å². The number of esters is 1. The van der Waals surface area contributed by atoms with Crippen LogP contribution in [0.3, 0.4) is 0 Å². The van der Waals surface area contributed by atoms with Crippen molar-refractivity contribution in [1.82, 2.24) is 0 Å². The van der Waals surface area contributed by atoms with Crippen molar-refractivity contribution in [1.29, 1.82) is 0 Å². The van der Waals surface area contributed by atoms with E-state index in [2.05, 4.69) is 6.58 Å². The lowest BCUT2D eigenvalue weighted by atomic mass is 10.4. The van der Waals surface area contributed by atoms with Crippen LogP contribution in [0.5, 0.6) is 0 Å². The molecule has 0 aromatic rings. The van der Waals surface area contributed by atoms with Crippen molar-refractivity contribution in [3.05, 3.63) is 12.2 Å². The summed E-state index contributed by atoms with van der Waals surface area (Å²) < 4.78 is 14.3. The Labute approximate surface area is 91.0 Å². The first kappa shape index (κ1) is 14.3. The van der Waals surface area contributed by atoms with Gasteiger partial charge in [0.2, 0.25) is 0 Å². The third-order valence-electron chi connectivity index (χ3n) is 1.83. The average Bonchev–Trinajstić information content (AvgIpc) is 2.23. The SMILES string of the molecule is C=C(C)C(=O)OCCC[Si]([O])(OC)OC. The maximum Gasteiger partial charge on any atom is 0.528 e. The Bertz CT molecular complexity index is 225. The van der Waals surface area contributed by atoms with Gasteiger partial charge >= 0.3 is 14.8 Å². The molecule has 15 heavy (non-hydrogen) atoms. The molecule has 0 bridgehead atoms. The van der Waals surface area contributed by atoms with Gasteiger partial charge in [-0.25, -0.2) is 9.59 Å². The Morgan fingerprint density at radius 3 is 2.27 bits per heavy atom. The van der Waals surface area contributed by atoms with Crippen LogP contribution in [0.25, 0.3) is 0 Å². The summed E-state index contributed by atoms with van der Waals surface area (Å²) >= 11 is 0. The molecule has 0 aliphatic rings.